The fraction of sp³-hybridized carbons (Fsp3) is 0.367. The summed E-state index contributed by atoms with van der Waals surface area (Å²) in [6.07, 6.45) is 1.81. The van der Waals surface area contributed by atoms with Gasteiger partial charge in [-0.15, -0.1) is 0 Å². The monoisotopic (exact) mass is 566 g/mol. The van der Waals surface area contributed by atoms with E-state index in [2.05, 4.69) is 18.8 Å². The molecule has 9 nitrogen and oxygen atoms in total. The highest BCUT2D eigenvalue weighted by molar-refractivity contribution is 7.07. The van der Waals surface area contributed by atoms with E-state index in [0.717, 1.165) is 11.3 Å². The van der Waals surface area contributed by atoms with E-state index in [1.54, 1.807) is 26.0 Å². The van der Waals surface area contributed by atoms with Crippen molar-refractivity contribution in [1.82, 2.24) is 4.57 Å². The SMILES string of the molecule is CCOC(=O)C1=C(C)N=c2s/c(=C/c3ccc(OCC(C)C)cc3)c(=O)n2[C@@H]1c1cc(OC)c(OC)c(OC)c1. The lowest BCUT2D eigenvalue weighted by molar-refractivity contribution is -0.139. The lowest BCUT2D eigenvalue weighted by Gasteiger charge is -2.26. The van der Waals surface area contributed by atoms with Crippen LogP contribution in [0.1, 0.15) is 44.9 Å². The predicted octanol–water partition coefficient (Wildman–Crippen LogP) is 3.86. The molecule has 4 rings (SSSR count). The molecule has 0 fully saturated rings. The van der Waals surface area contributed by atoms with Crippen LogP contribution in [0.25, 0.3) is 6.08 Å². The number of esters is 1. The van der Waals surface area contributed by atoms with E-state index in [0.29, 0.717) is 50.4 Å². The lowest BCUT2D eigenvalue weighted by Crippen LogP contribution is -2.40. The minimum atomic E-state index is -0.821. The second-order valence-electron chi connectivity index (χ2n) is 9.53. The number of rotatable bonds is 10. The number of carbonyl (C=O) groups excluding carboxylic acids is 1. The van der Waals surface area contributed by atoms with E-state index < -0.39 is 12.0 Å². The van der Waals surface area contributed by atoms with Crippen molar-refractivity contribution in [1.29, 1.82) is 0 Å². The maximum atomic E-state index is 13.9. The molecule has 2 aromatic carbocycles. The van der Waals surface area contributed by atoms with Crippen LogP contribution in [0.4, 0.5) is 0 Å². The Labute approximate surface area is 236 Å². The van der Waals surface area contributed by atoms with Gasteiger partial charge in [-0.1, -0.05) is 37.3 Å². The molecule has 1 aliphatic rings. The molecule has 0 aliphatic carbocycles. The summed E-state index contributed by atoms with van der Waals surface area (Å²) in [5, 5.41) is 0. The molecule has 0 N–H and O–H groups in total. The number of thiazole rings is 1. The van der Waals surface area contributed by atoms with E-state index in [-0.39, 0.29) is 17.7 Å². The Morgan fingerprint density at radius 3 is 2.27 bits per heavy atom. The number of methoxy groups -OCH3 is 3. The Kier molecular flexibility index (Phi) is 8.99. The first-order valence-corrected chi connectivity index (χ1v) is 13.8. The zero-order chi connectivity index (χ0) is 29.0. The van der Waals surface area contributed by atoms with Crippen molar-refractivity contribution < 1.29 is 28.5 Å². The Hall–Kier alpha value is -4.05. The average Bonchev–Trinajstić information content (AvgIpc) is 3.24. The molecule has 40 heavy (non-hydrogen) atoms. The maximum absolute atomic E-state index is 13.9. The van der Waals surface area contributed by atoms with Gasteiger partial charge in [0.1, 0.15) is 5.75 Å². The van der Waals surface area contributed by atoms with Crippen molar-refractivity contribution in [3.05, 3.63) is 78.5 Å². The molecule has 2 heterocycles. The summed E-state index contributed by atoms with van der Waals surface area (Å²) in [5.74, 6) is 1.84. The first kappa shape index (κ1) is 28.9. The Bertz CT molecular complexity index is 1580. The minimum absolute atomic E-state index is 0.179. The van der Waals surface area contributed by atoms with Crippen LogP contribution in [0.15, 0.2) is 57.5 Å². The zero-order valence-electron chi connectivity index (χ0n) is 23.8. The van der Waals surface area contributed by atoms with Gasteiger partial charge in [-0.3, -0.25) is 9.36 Å². The fourth-order valence-electron chi connectivity index (χ4n) is 4.44. The van der Waals surface area contributed by atoms with Gasteiger partial charge in [0.2, 0.25) is 5.75 Å². The molecule has 1 atom stereocenters. The molecule has 0 radical (unpaired) electrons. The highest BCUT2D eigenvalue weighted by atomic mass is 32.1. The molecular formula is C30H34N2O7S. The number of nitrogens with zero attached hydrogens (tertiary/aromatic N) is 2. The van der Waals surface area contributed by atoms with Crippen LogP contribution in [-0.4, -0.2) is 45.1 Å². The van der Waals surface area contributed by atoms with Gasteiger partial charge in [0, 0.05) is 0 Å². The number of fused-ring (bicyclic) bond motifs is 1. The third-order valence-corrected chi connectivity index (χ3v) is 7.26. The molecule has 0 saturated heterocycles. The predicted molar refractivity (Wildman–Crippen MR) is 153 cm³/mol. The molecule has 1 aliphatic heterocycles. The molecule has 0 bridgehead atoms. The third kappa shape index (κ3) is 5.77. The van der Waals surface area contributed by atoms with E-state index in [1.807, 2.05) is 30.3 Å². The highest BCUT2D eigenvalue weighted by Crippen LogP contribution is 2.42. The zero-order valence-corrected chi connectivity index (χ0v) is 24.6. The standard InChI is InChI=1S/C30H34N2O7S/c1-8-38-29(34)25-18(4)31-30-32(26(25)20-14-22(35-5)27(37-7)23(15-20)36-6)28(33)24(40-30)13-19-9-11-21(12-10-19)39-16-17(2)3/h9-15,17,26H,8,16H2,1-7H3/b24-13+/t26-/m1/s1. The normalized spacial score (nSPS) is 15.0. The summed E-state index contributed by atoms with van der Waals surface area (Å²) in [6, 6.07) is 10.2. The number of carbonyl (C=O) groups is 1. The maximum Gasteiger partial charge on any atom is 0.338 e. The van der Waals surface area contributed by atoms with E-state index in [9.17, 15) is 9.59 Å². The van der Waals surface area contributed by atoms with E-state index in [4.69, 9.17) is 23.7 Å². The van der Waals surface area contributed by atoms with Crippen LogP contribution < -0.4 is 33.8 Å². The minimum Gasteiger partial charge on any atom is -0.493 e. The molecule has 212 valence electrons. The third-order valence-electron chi connectivity index (χ3n) is 6.28. The number of allylic oxidation sites excluding steroid dienone is 1. The van der Waals surface area contributed by atoms with Gasteiger partial charge in [0.05, 0.1) is 56.4 Å². The second-order valence-corrected chi connectivity index (χ2v) is 10.5. The molecular weight excluding hydrogens is 532 g/mol. The number of hydrogen-bond acceptors (Lipinski definition) is 9. The smallest absolute Gasteiger partial charge is 0.338 e. The van der Waals surface area contributed by atoms with Crippen LogP contribution in [-0.2, 0) is 9.53 Å². The summed E-state index contributed by atoms with van der Waals surface area (Å²) in [5.41, 5.74) is 1.88. The number of ether oxygens (including phenoxy) is 5. The summed E-state index contributed by atoms with van der Waals surface area (Å²) < 4.78 is 29.8. The first-order chi connectivity index (χ1) is 19.2. The van der Waals surface area contributed by atoms with Gasteiger partial charge < -0.3 is 23.7 Å². The van der Waals surface area contributed by atoms with Gasteiger partial charge >= 0.3 is 5.97 Å². The second kappa shape index (κ2) is 12.4. The largest absolute Gasteiger partial charge is 0.493 e. The number of hydrogen-bond donors (Lipinski definition) is 0. The summed E-state index contributed by atoms with van der Waals surface area (Å²) in [6.45, 7) is 8.46. The van der Waals surface area contributed by atoms with Crippen molar-refractivity contribution >= 4 is 23.4 Å². The number of aromatic nitrogens is 1. The van der Waals surface area contributed by atoms with Crippen LogP contribution in [0.3, 0.4) is 0 Å². The molecule has 0 saturated carbocycles. The molecule has 10 heteroatoms. The van der Waals surface area contributed by atoms with Crippen molar-refractivity contribution in [2.75, 3.05) is 34.5 Å². The summed E-state index contributed by atoms with van der Waals surface area (Å²) in [4.78, 5) is 32.2. The topological polar surface area (TPSA) is 97.6 Å². The Balaban J connectivity index is 1.89. The van der Waals surface area contributed by atoms with E-state index in [1.165, 1.54) is 37.2 Å². The van der Waals surface area contributed by atoms with Crippen molar-refractivity contribution in [2.45, 2.75) is 33.7 Å². The summed E-state index contributed by atoms with van der Waals surface area (Å²) >= 11 is 1.26. The van der Waals surface area contributed by atoms with Crippen molar-refractivity contribution in [2.24, 2.45) is 10.9 Å². The molecule has 1 aromatic heterocycles. The molecule has 0 unspecified atom stereocenters. The lowest BCUT2D eigenvalue weighted by atomic mass is 9.95. The average molecular weight is 567 g/mol. The Morgan fingerprint density at radius 2 is 1.73 bits per heavy atom. The molecule has 0 spiro atoms. The van der Waals surface area contributed by atoms with Gasteiger partial charge in [-0.05, 0) is 61.2 Å². The molecule has 3 aromatic rings. The Morgan fingerprint density at radius 1 is 1.07 bits per heavy atom. The van der Waals surface area contributed by atoms with Crippen LogP contribution in [0.5, 0.6) is 23.0 Å². The van der Waals surface area contributed by atoms with Crippen LogP contribution >= 0.6 is 11.3 Å². The highest BCUT2D eigenvalue weighted by Gasteiger charge is 2.34. The van der Waals surface area contributed by atoms with Gasteiger partial charge in [0.15, 0.2) is 16.3 Å². The van der Waals surface area contributed by atoms with Crippen LogP contribution in [0.2, 0.25) is 0 Å². The fourth-order valence-corrected chi connectivity index (χ4v) is 5.49. The molecule has 0 amide bonds. The van der Waals surface area contributed by atoms with Gasteiger partial charge in [0.25, 0.3) is 5.56 Å². The first-order valence-electron chi connectivity index (χ1n) is 12.9. The van der Waals surface area contributed by atoms with Crippen molar-refractivity contribution in [3.8, 4) is 23.0 Å². The van der Waals surface area contributed by atoms with Gasteiger partial charge in [-0.25, -0.2) is 9.79 Å². The van der Waals surface area contributed by atoms with Crippen molar-refractivity contribution in [3.63, 3.8) is 0 Å². The quantitative estimate of drug-likeness (QED) is 0.344. The summed E-state index contributed by atoms with van der Waals surface area (Å²) in [7, 11) is 4.54. The van der Waals surface area contributed by atoms with Crippen LogP contribution in [0, 0.1) is 5.92 Å². The van der Waals surface area contributed by atoms with Gasteiger partial charge in [-0.2, -0.15) is 0 Å². The van der Waals surface area contributed by atoms with E-state index >= 15 is 0 Å². The number of benzene rings is 2.